The lowest BCUT2D eigenvalue weighted by Gasteiger charge is -2.10. The molecule has 0 spiro atoms. The minimum absolute atomic E-state index is 0.539. The summed E-state index contributed by atoms with van der Waals surface area (Å²) in [6.45, 7) is 0. The highest BCUT2D eigenvalue weighted by Crippen LogP contribution is 2.40. The van der Waals surface area contributed by atoms with Gasteiger partial charge in [-0.3, -0.25) is 0 Å². The average Bonchev–Trinajstić information content (AvgIpc) is 3.84. The summed E-state index contributed by atoms with van der Waals surface area (Å²) >= 11 is 0. The number of hydrogen-bond donors (Lipinski definition) is 0. The van der Waals surface area contributed by atoms with Crippen LogP contribution >= 0.6 is 0 Å². The number of aromatic nitrogens is 4. The van der Waals surface area contributed by atoms with Gasteiger partial charge < -0.3 is 13.3 Å². The van der Waals surface area contributed by atoms with Crippen molar-refractivity contribution in [1.82, 2.24) is 19.9 Å². The first kappa shape index (κ1) is 25.7. The van der Waals surface area contributed by atoms with Gasteiger partial charge in [-0.2, -0.15) is 0 Å². The first-order valence-electron chi connectivity index (χ1n) is 15.3. The molecule has 10 aromatic rings. The van der Waals surface area contributed by atoms with E-state index in [2.05, 4.69) is 6.07 Å². The van der Waals surface area contributed by atoms with Crippen LogP contribution in [0.3, 0.4) is 0 Å². The molecule has 10 rings (SSSR count). The van der Waals surface area contributed by atoms with Crippen molar-refractivity contribution in [3.05, 3.63) is 133 Å². The van der Waals surface area contributed by atoms with Crippen LogP contribution in [0, 0.1) is 0 Å². The molecule has 0 saturated carbocycles. The molecule has 6 aromatic carbocycles. The minimum Gasteiger partial charge on any atom is -0.456 e. The second-order valence-electron chi connectivity index (χ2n) is 11.4. The van der Waals surface area contributed by atoms with Crippen LogP contribution in [-0.4, -0.2) is 19.9 Å². The molecule has 0 atom stereocenters. The van der Waals surface area contributed by atoms with Crippen molar-refractivity contribution in [2.24, 2.45) is 0 Å². The molecule has 0 bridgehead atoms. The van der Waals surface area contributed by atoms with Gasteiger partial charge in [-0.1, -0.05) is 91.0 Å². The van der Waals surface area contributed by atoms with Gasteiger partial charge in [0, 0.05) is 49.9 Å². The number of benzene rings is 6. The highest BCUT2D eigenvalue weighted by molar-refractivity contribution is 6.15. The van der Waals surface area contributed by atoms with Gasteiger partial charge in [0.1, 0.15) is 27.8 Å². The van der Waals surface area contributed by atoms with Crippen LogP contribution in [0.25, 0.3) is 101 Å². The fourth-order valence-corrected chi connectivity index (χ4v) is 6.43. The molecule has 4 aromatic heterocycles. The molecule has 0 unspecified atom stereocenters. The Morgan fingerprint density at radius 3 is 1.66 bits per heavy atom. The van der Waals surface area contributed by atoms with Gasteiger partial charge in [-0.05, 0) is 36.4 Å². The van der Waals surface area contributed by atoms with Crippen molar-refractivity contribution in [3.8, 4) is 45.6 Å². The van der Waals surface area contributed by atoms with E-state index in [1.807, 2.05) is 127 Å². The largest absolute Gasteiger partial charge is 0.456 e. The Morgan fingerprint density at radius 1 is 0.362 bits per heavy atom. The van der Waals surface area contributed by atoms with Crippen molar-refractivity contribution in [2.45, 2.75) is 0 Å². The van der Waals surface area contributed by atoms with E-state index in [0.29, 0.717) is 34.5 Å². The quantitative estimate of drug-likeness (QED) is 0.197. The van der Waals surface area contributed by atoms with E-state index in [1.165, 1.54) is 0 Å². The lowest BCUT2D eigenvalue weighted by molar-refractivity contribution is 0.617. The molecule has 0 saturated heterocycles. The van der Waals surface area contributed by atoms with Gasteiger partial charge in [0.2, 0.25) is 5.89 Å². The van der Waals surface area contributed by atoms with Crippen LogP contribution in [0.2, 0.25) is 0 Å². The van der Waals surface area contributed by atoms with Crippen molar-refractivity contribution >= 4 is 55.0 Å². The van der Waals surface area contributed by atoms with Gasteiger partial charge >= 0.3 is 0 Å². The third-order valence-corrected chi connectivity index (χ3v) is 8.58. The molecule has 0 radical (unpaired) electrons. The van der Waals surface area contributed by atoms with Crippen molar-refractivity contribution in [3.63, 3.8) is 0 Å². The van der Waals surface area contributed by atoms with Crippen molar-refractivity contribution in [2.75, 3.05) is 0 Å². The molecule has 220 valence electrons. The first-order chi connectivity index (χ1) is 23.3. The summed E-state index contributed by atoms with van der Waals surface area (Å²) < 4.78 is 18.7. The number of rotatable bonds is 4. The zero-order valence-corrected chi connectivity index (χ0v) is 24.7. The molecule has 0 aliphatic heterocycles. The minimum atomic E-state index is 0.539. The second kappa shape index (κ2) is 9.95. The summed E-state index contributed by atoms with van der Waals surface area (Å²) in [6, 6.07) is 43.8. The summed E-state index contributed by atoms with van der Waals surface area (Å²) in [7, 11) is 0. The predicted octanol–water partition coefficient (Wildman–Crippen LogP) is 10.5. The lowest BCUT2D eigenvalue weighted by atomic mass is 10.0. The van der Waals surface area contributed by atoms with Crippen LogP contribution in [0.4, 0.5) is 0 Å². The molecular formula is C40H22N4O3. The first-order valence-corrected chi connectivity index (χ1v) is 15.3. The number of hydrogen-bond acceptors (Lipinski definition) is 7. The van der Waals surface area contributed by atoms with Gasteiger partial charge in [0.25, 0.3) is 0 Å². The van der Waals surface area contributed by atoms with Crippen LogP contribution in [-0.2, 0) is 0 Å². The van der Waals surface area contributed by atoms with Crippen molar-refractivity contribution < 1.29 is 13.3 Å². The molecule has 7 nitrogen and oxygen atoms in total. The molecule has 0 aliphatic rings. The number of nitrogens with zero attached hydrogens (tertiary/aromatic N) is 4. The number of oxazole rings is 1. The molecule has 0 fully saturated rings. The highest BCUT2D eigenvalue weighted by Gasteiger charge is 2.21. The summed E-state index contributed by atoms with van der Waals surface area (Å²) in [5.41, 5.74) is 7.93. The summed E-state index contributed by atoms with van der Waals surface area (Å²) in [4.78, 5) is 20.0. The van der Waals surface area contributed by atoms with E-state index < -0.39 is 0 Å². The third-order valence-electron chi connectivity index (χ3n) is 8.58. The topological polar surface area (TPSA) is 91.0 Å². The molecule has 0 N–H and O–H groups in total. The van der Waals surface area contributed by atoms with Gasteiger partial charge in [0.15, 0.2) is 23.1 Å². The zero-order valence-electron chi connectivity index (χ0n) is 24.7. The third kappa shape index (κ3) is 4.07. The molecule has 0 amide bonds. The summed E-state index contributed by atoms with van der Waals surface area (Å²) in [6.07, 6.45) is 0. The van der Waals surface area contributed by atoms with Crippen LogP contribution in [0.15, 0.2) is 147 Å². The van der Waals surface area contributed by atoms with E-state index >= 15 is 0 Å². The normalized spacial score (nSPS) is 11.8. The van der Waals surface area contributed by atoms with Gasteiger partial charge in [-0.15, -0.1) is 0 Å². The van der Waals surface area contributed by atoms with Crippen LogP contribution < -0.4 is 0 Å². The Balaban J connectivity index is 1.23. The Morgan fingerprint density at radius 2 is 0.936 bits per heavy atom. The number of fused-ring (bicyclic) bond motifs is 7. The maximum atomic E-state index is 6.39. The Bertz CT molecular complexity index is 2800. The van der Waals surface area contributed by atoms with E-state index in [9.17, 15) is 0 Å². The monoisotopic (exact) mass is 606 g/mol. The molecule has 0 aliphatic carbocycles. The predicted molar refractivity (Wildman–Crippen MR) is 184 cm³/mol. The Hall–Kier alpha value is -6.60. The average molecular weight is 607 g/mol. The van der Waals surface area contributed by atoms with E-state index in [-0.39, 0.29) is 0 Å². The fraction of sp³-hybridized carbons (Fsp3) is 0. The van der Waals surface area contributed by atoms with Gasteiger partial charge in [0.05, 0.1) is 0 Å². The Labute approximate surface area is 266 Å². The molecule has 47 heavy (non-hydrogen) atoms. The fourth-order valence-electron chi connectivity index (χ4n) is 6.43. The standard InChI is InChI=1S/C40H22N4O3/c1-3-11-23(12-4-1)37-42-38(26-16-9-19-31-35(26)25-15-7-8-18-30(25)45-31)44-39(43-37)27-17-10-20-32-36(27)28-21-29-34(22-33(28)46-32)47-40(41-29)24-13-5-2-6-14-24/h1-22H. The lowest BCUT2D eigenvalue weighted by Crippen LogP contribution is -2.00. The summed E-state index contributed by atoms with van der Waals surface area (Å²) in [5, 5.41) is 3.78. The SMILES string of the molecule is c1ccc(-c2nc(-c3cccc4oc5ccccc5c34)nc(-c3cccc4oc5cc6oc(-c7ccccc7)nc6cc5c34)n2)cc1. The van der Waals surface area contributed by atoms with Gasteiger partial charge in [-0.25, -0.2) is 19.9 Å². The second-order valence-corrected chi connectivity index (χ2v) is 11.4. The molecular weight excluding hydrogens is 584 g/mol. The van der Waals surface area contributed by atoms with Crippen LogP contribution in [0.5, 0.6) is 0 Å². The van der Waals surface area contributed by atoms with Crippen molar-refractivity contribution in [1.29, 1.82) is 0 Å². The molecule has 7 heteroatoms. The maximum Gasteiger partial charge on any atom is 0.227 e. The zero-order chi connectivity index (χ0) is 30.9. The highest BCUT2D eigenvalue weighted by atomic mass is 16.4. The number of para-hydroxylation sites is 1. The number of furan rings is 2. The molecule has 4 heterocycles. The van der Waals surface area contributed by atoms with E-state index in [1.54, 1.807) is 0 Å². The van der Waals surface area contributed by atoms with E-state index in [4.69, 9.17) is 33.2 Å². The maximum absolute atomic E-state index is 6.39. The smallest absolute Gasteiger partial charge is 0.227 e. The van der Waals surface area contributed by atoms with E-state index in [0.717, 1.165) is 66.1 Å². The summed E-state index contributed by atoms with van der Waals surface area (Å²) in [5.74, 6) is 2.24. The van der Waals surface area contributed by atoms with Crippen LogP contribution in [0.1, 0.15) is 0 Å². The Kier molecular flexibility index (Phi) is 5.44.